The van der Waals surface area contributed by atoms with Crippen molar-refractivity contribution < 1.29 is 9.47 Å². The van der Waals surface area contributed by atoms with Crippen LogP contribution in [0.4, 0.5) is 0 Å². The van der Waals surface area contributed by atoms with E-state index in [0.29, 0.717) is 0 Å². The van der Waals surface area contributed by atoms with Crippen LogP contribution in [0.15, 0.2) is 40.9 Å². The molecular weight excluding hydrogens is 330 g/mol. The van der Waals surface area contributed by atoms with Crippen molar-refractivity contribution in [2.45, 2.75) is 25.0 Å². The molecule has 2 N–H and O–H groups in total. The van der Waals surface area contributed by atoms with E-state index < -0.39 is 0 Å². The summed E-state index contributed by atoms with van der Waals surface area (Å²) < 4.78 is 12.8. The molecule has 2 heterocycles. The number of hydrogen-bond donors (Lipinski definition) is 1. The second kappa shape index (κ2) is 5.04. The molecule has 108 valence electrons. The van der Waals surface area contributed by atoms with Crippen LogP contribution >= 0.6 is 15.9 Å². The van der Waals surface area contributed by atoms with Gasteiger partial charge in [-0.15, -0.1) is 0 Å². The van der Waals surface area contributed by atoms with Crippen molar-refractivity contribution in [3.8, 4) is 11.5 Å². The van der Waals surface area contributed by atoms with Gasteiger partial charge in [0.15, 0.2) is 0 Å². The van der Waals surface area contributed by atoms with Gasteiger partial charge in [0.05, 0.1) is 6.61 Å². The van der Waals surface area contributed by atoms with Crippen molar-refractivity contribution in [1.82, 2.24) is 0 Å². The number of rotatable bonds is 1. The van der Waals surface area contributed by atoms with Crippen LogP contribution in [0.25, 0.3) is 0 Å². The number of nitrogens with two attached hydrogens (primary N) is 1. The third-order valence-electron chi connectivity index (χ3n) is 4.20. The molecule has 0 aromatic heterocycles. The smallest absolute Gasteiger partial charge is 0.126 e. The van der Waals surface area contributed by atoms with E-state index >= 15 is 0 Å². The highest BCUT2D eigenvalue weighted by atomic mass is 79.9. The van der Waals surface area contributed by atoms with Crippen LogP contribution in [0.5, 0.6) is 11.5 Å². The van der Waals surface area contributed by atoms with E-state index in [1.54, 1.807) is 0 Å². The summed E-state index contributed by atoms with van der Waals surface area (Å²) in [6.07, 6.45) is 1.78. The lowest BCUT2D eigenvalue weighted by atomic mass is 9.93. The highest BCUT2D eigenvalue weighted by molar-refractivity contribution is 9.10. The lowest BCUT2D eigenvalue weighted by Crippen LogP contribution is -2.24. The third kappa shape index (κ3) is 2.32. The van der Waals surface area contributed by atoms with Crippen LogP contribution in [0.3, 0.4) is 0 Å². The molecule has 4 rings (SSSR count). The van der Waals surface area contributed by atoms with E-state index in [2.05, 4.69) is 28.1 Å². The van der Waals surface area contributed by atoms with Crippen LogP contribution in [0, 0.1) is 0 Å². The second-order valence-electron chi connectivity index (χ2n) is 5.60. The van der Waals surface area contributed by atoms with Gasteiger partial charge in [-0.1, -0.05) is 28.1 Å². The first-order valence-corrected chi connectivity index (χ1v) is 7.97. The summed E-state index contributed by atoms with van der Waals surface area (Å²) >= 11 is 3.49. The summed E-state index contributed by atoms with van der Waals surface area (Å²) in [5, 5.41) is 0. The molecule has 2 aromatic carbocycles. The average Bonchev–Trinajstić information content (AvgIpc) is 2.94. The molecule has 0 spiro atoms. The van der Waals surface area contributed by atoms with Crippen molar-refractivity contribution >= 4 is 15.9 Å². The van der Waals surface area contributed by atoms with Crippen LogP contribution in [0.2, 0.25) is 0 Å². The molecule has 0 bridgehead atoms. The fourth-order valence-electron chi connectivity index (χ4n) is 3.09. The summed E-state index contributed by atoms with van der Waals surface area (Å²) in [5.74, 6) is 1.88. The van der Waals surface area contributed by atoms with E-state index in [9.17, 15) is 0 Å². The van der Waals surface area contributed by atoms with Crippen molar-refractivity contribution in [2.75, 3.05) is 6.61 Å². The van der Waals surface area contributed by atoms with Gasteiger partial charge in [-0.05, 0) is 35.4 Å². The predicted molar refractivity (Wildman–Crippen MR) is 84.7 cm³/mol. The Morgan fingerprint density at radius 3 is 2.90 bits per heavy atom. The van der Waals surface area contributed by atoms with E-state index in [0.717, 1.165) is 41.0 Å². The molecule has 2 atom stereocenters. The molecule has 2 aromatic rings. The van der Waals surface area contributed by atoms with Gasteiger partial charge in [0.1, 0.15) is 17.6 Å². The van der Waals surface area contributed by atoms with E-state index in [1.165, 1.54) is 11.1 Å². The SMILES string of the molecule is N[C@@H]1CC(c2ccc3c(c2)CCO3)Oc2cc(Br)ccc21. The Hall–Kier alpha value is -1.52. The Kier molecular flexibility index (Phi) is 3.16. The summed E-state index contributed by atoms with van der Waals surface area (Å²) in [4.78, 5) is 0. The lowest BCUT2D eigenvalue weighted by molar-refractivity contribution is 0.161. The van der Waals surface area contributed by atoms with E-state index in [4.69, 9.17) is 15.2 Å². The largest absolute Gasteiger partial charge is 0.493 e. The maximum Gasteiger partial charge on any atom is 0.126 e. The first kappa shape index (κ1) is 13.2. The van der Waals surface area contributed by atoms with Gasteiger partial charge in [0.2, 0.25) is 0 Å². The minimum Gasteiger partial charge on any atom is -0.493 e. The Bertz CT molecular complexity index is 701. The summed E-state index contributed by atoms with van der Waals surface area (Å²) in [6.45, 7) is 0.777. The standard InChI is InChI=1S/C17H16BrNO2/c18-12-2-3-13-14(19)9-16(21-17(13)8-12)10-1-4-15-11(7-10)5-6-20-15/h1-4,7-8,14,16H,5-6,9,19H2/t14-,16?/m1/s1. The van der Waals surface area contributed by atoms with Crippen molar-refractivity contribution in [2.24, 2.45) is 5.73 Å². The van der Waals surface area contributed by atoms with Crippen molar-refractivity contribution in [3.05, 3.63) is 57.6 Å². The van der Waals surface area contributed by atoms with Gasteiger partial charge in [-0.25, -0.2) is 0 Å². The molecule has 4 heteroatoms. The Labute approximate surface area is 132 Å². The Balaban J connectivity index is 1.68. The molecule has 2 aliphatic rings. The normalized spacial score (nSPS) is 23.0. The fraction of sp³-hybridized carbons (Fsp3) is 0.294. The zero-order chi connectivity index (χ0) is 14.4. The Morgan fingerprint density at radius 2 is 2.00 bits per heavy atom. The average molecular weight is 346 g/mol. The maximum atomic E-state index is 6.32. The van der Waals surface area contributed by atoms with Gasteiger partial charge >= 0.3 is 0 Å². The number of hydrogen-bond acceptors (Lipinski definition) is 3. The van der Waals surface area contributed by atoms with Gasteiger partial charge in [-0.3, -0.25) is 0 Å². The molecule has 0 fully saturated rings. The maximum absolute atomic E-state index is 6.32. The van der Waals surface area contributed by atoms with Gasteiger partial charge in [0, 0.05) is 28.9 Å². The predicted octanol–water partition coefficient (Wildman–Crippen LogP) is 3.91. The monoisotopic (exact) mass is 345 g/mol. The zero-order valence-corrected chi connectivity index (χ0v) is 13.1. The second-order valence-corrected chi connectivity index (χ2v) is 6.51. The van der Waals surface area contributed by atoms with Crippen molar-refractivity contribution in [3.63, 3.8) is 0 Å². The molecule has 2 aliphatic heterocycles. The van der Waals surface area contributed by atoms with Crippen LogP contribution in [-0.2, 0) is 6.42 Å². The highest BCUT2D eigenvalue weighted by Crippen LogP contribution is 2.41. The molecule has 0 amide bonds. The topological polar surface area (TPSA) is 44.5 Å². The molecule has 0 aliphatic carbocycles. The highest BCUT2D eigenvalue weighted by Gasteiger charge is 2.28. The molecule has 1 unspecified atom stereocenters. The number of benzene rings is 2. The molecule has 0 saturated heterocycles. The van der Waals surface area contributed by atoms with Gasteiger partial charge < -0.3 is 15.2 Å². The lowest BCUT2D eigenvalue weighted by Gasteiger charge is -2.31. The van der Waals surface area contributed by atoms with Gasteiger partial charge in [-0.2, -0.15) is 0 Å². The quantitative estimate of drug-likeness (QED) is 0.852. The number of fused-ring (bicyclic) bond motifs is 2. The summed E-state index contributed by atoms with van der Waals surface area (Å²) in [5.41, 5.74) is 9.85. The first-order valence-electron chi connectivity index (χ1n) is 7.18. The number of ether oxygens (including phenoxy) is 2. The molecule has 0 radical (unpaired) electrons. The zero-order valence-electron chi connectivity index (χ0n) is 11.5. The molecule has 0 saturated carbocycles. The summed E-state index contributed by atoms with van der Waals surface area (Å²) in [7, 11) is 0. The Morgan fingerprint density at radius 1 is 1.10 bits per heavy atom. The molecule has 3 nitrogen and oxygen atoms in total. The minimum absolute atomic E-state index is 0.00713. The van der Waals surface area contributed by atoms with Crippen molar-refractivity contribution in [1.29, 1.82) is 0 Å². The molecule has 21 heavy (non-hydrogen) atoms. The number of halogens is 1. The van der Waals surface area contributed by atoms with Crippen LogP contribution < -0.4 is 15.2 Å². The minimum atomic E-state index is 0.00713. The third-order valence-corrected chi connectivity index (χ3v) is 4.69. The van der Waals surface area contributed by atoms with Crippen LogP contribution in [-0.4, -0.2) is 6.61 Å². The van der Waals surface area contributed by atoms with E-state index in [1.807, 2.05) is 24.3 Å². The molecular formula is C17H16BrNO2. The summed E-state index contributed by atoms with van der Waals surface area (Å²) in [6, 6.07) is 12.4. The first-order chi connectivity index (χ1) is 10.2. The fourth-order valence-corrected chi connectivity index (χ4v) is 3.43. The van der Waals surface area contributed by atoms with E-state index in [-0.39, 0.29) is 12.1 Å². The van der Waals surface area contributed by atoms with Gasteiger partial charge in [0.25, 0.3) is 0 Å². The van der Waals surface area contributed by atoms with Crippen LogP contribution in [0.1, 0.15) is 35.3 Å².